The van der Waals surface area contributed by atoms with Gasteiger partial charge in [0.2, 0.25) is 0 Å². The van der Waals surface area contributed by atoms with Crippen molar-refractivity contribution in [3.63, 3.8) is 0 Å². The summed E-state index contributed by atoms with van der Waals surface area (Å²) in [6, 6.07) is 0.785. The molecule has 0 aromatic rings. The summed E-state index contributed by atoms with van der Waals surface area (Å²) in [5, 5.41) is 0. The zero-order valence-corrected chi connectivity index (χ0v) is 10.1. The van der Waals surface area contributed by atoms with Crippen molar-refractivity contribution in [3.8, 4) is 0 Å². The summed E-state index contributed by atoms with van der Waals surface area (Å²) >= 11 is 0. The molecule has 1 aliphatic carbocycles. The normalized spacial score (nSPS) is 20.4. The van der Waals surface area contributed by atoms with Crippen molar-refractivity contribution in [2.75, 3.05) is 13.1 Å². The maximum absolute atomic E-state index is 5.85. The number of nitrogens with zero attached hydrogens (tertiary/aromatic N) is 1. The van der Waals surface area contributed by atoms with Gasteiger partial charge in [-0.05, 0) is 33.2 Å². The van der Waals surface area contributed by atoms with Crippen molar-refractivity contribution in [1.29, 1.82) is 0 Å². The van der Waals surface area contributed by atoms with Crippen LogP contribution in [0.3, 0.4) is 0 Å². The molecule has 0 amide bonds. The van der Waals surface area contributed by atoms with Crippen LogP contribution in [0.1, 0.15) is 52.9 Å². The molecule has 84 valence electrons. The predicted octanol–water partition coefficient (Wildman–Crippen LogP) is 2.38. The molecule has 0 aliphatic heterocycles. The SMILES string of the molecule is CCN(C1CCCCC1)C(C)(C)CN. The van der Waals surface area contributed by atoms with Gasteiger partial charge in [-0.1, -0.05) is 26.2 Å². The Balaban J connectivity index is 2.59. The molecule has 0 spiro atoms. The second-order valence-corrected chi connectivity index (χ2v) is 5.09. The van der Waals surface area contributed by atoms with Crippen molar-refractivity contribution in [2.45, 2.75) is 64.5 Å². The molecule has 0 aromatic heterocycles. The lowest BCUT2D eigenvalue weighted by Crippen LogP contribution is -2.54. The predicted molar refractivity (Wildman–Crippen MR) is 62.4 cm³/mol. The summed E-state index contributed by atoms with van der Waals surface area (Å²) in [5.74, 6) is 0. The zero-order chi connectivity index (χ0) is 10.6. The minimum atomic E-state index is 0.177. The van der Waals surface area contributed by atoms with E-state index in [1.165, 1.54) is 32.1 Å². The topological polar surface area (TPSA) is 29.3 Å². The highest BCUT2D eigenvalue weighted by Crippen LogP contribution is 2.27. The Labute approximate surface area is 88.8 Å². The molecular formula is C12H26N2. The van der Waals surface area contributed by atoms with E-state index in [0.29, 0.717) is 0 Å². The molecule has 0 atom stereocenters. The molecule has 1 saturated carbocycles. The van der Waals surface area contributed by atoms with Gasteiger partial charge in [-0.15, -0.1) is 0 Å². The Hall–Kier alpha value is -0.0800. The van der Waals surface area contributed by atoms with Gasteiger partial charge in [0.15, 0.2) is 0 Å². The Bertz CT molecular complexity index is 160. The molecule has 0 bridgehead atoms. The molecule has 0 radical (unpaired) electrons. The summed E-state index contributed by atoms with van der Waals surface area (Å²) in [5.41, 5.74) is 6.03. The van der Waals surface area contributed by atoms with E-state index >= 15 is 0 Å². The number of nitrogens with two attached hydrogens (primary N) is 1. The fraction of sp³-hybridized carbons (Fsp3) is 1.00. The quantitative estimate of drug-likeness (QED) is 0.751. The second kappa shape index (κ2) is 5.13. The molecule has 0 saturated heterocycles. The van der Waals surface area contributed by atoms with Crippen LogP contribution in [0.25, 0.3) is 0 Å². The van der Waals surface area contributed by atoms with E-state index in [9.17, 15) is 0 Å². The molecule has 1 aliphatic rings. The third-order valence-electron chi connectivity index (χ3n) is 3.63. The molecular weight excluding hydrogens is 172 g/mol. The summed E-state index contributed by atoms with van der Waals surface area (Å²) in [6.45, 7) is 8.69. The first kappa shape index (κ1) is 12.0. The smallest absolute Gasteiger partial charge is 0.0278 e. The molecule has 1 rings (SSSR count). The molecule has 0 aromatic carbocycles. The Morgan fingerprint density at radius 2 is 1.79 bits per heavy atom. The lowest BCUT2D eigenvalue weighted by molar-refractivity contribution is 0.0598. The second-order valence-electron chi connectivity index (χ2n) is 5.09. The van der Waals surface area contributed by atoms with Crippen LogP contribution in [0.5, 0.6) is 0 Å². The first-order valence-corrected chi connectivity index (χ1v) is 6.08. The number of hydrogen-bond donors (Lipinski definition) is 1. The van der Waals surface area contributed by atoms with E-state index in [1.807, 2.05) is 0 Å². The van der Waals surface area contributed by atoms with E-state index in [2.05, 4.69) is 25.7 Å². The monoisotopic (exact) mass is 198 g/mol. The summed E-state index contributed by atoms with van der Waals surface area (Å²) in [7, 11) is 0. The lowest BCUT2D eigenvalue weighted by atomic mass is 9.90. The van der Waals surface area contributed by atoms with Crippen LogP contribution in [0.2, 0.25) is 0 Å². The van der Waals surface area contributed by atoms with Gasteiger partial charge in [0.1, 0.15) is 0 Å². The van der Waals surface area contributed by atoms with E-state index < -0.39 is 0 Å². The average molecular weight is 198 g/mol. The summed E-state index contributed by atoms with van der Waals surface area (Å²) < 4.78 is 0. The van der Waals surface area contributed by atoms with Crippen LogP contribution < -0.4 is 5.73 Å². The molecule has 0 unspecified atom stereocenters. The highest BCUT2D eigenvalue weighted by Gasteiger charge is 2.30. The molecule has 2 heteroatoms. The van der Waals surface area contributed by atoms with Gasteiger partial charge in [-0.2, -0.15) is 0 Å². The highest BCUT2D eigenvalue weighted by molar-refractivity contribution is 4.88. The van der Waals surface area contributed by atoms with E-state index in [-0.39, 0.29) is 5.54 Å². The van der Waals surface area contributed by atoms with Gasteiger partial charge in [0.25, 0.3) is 0 Å². The molecule has 1 fully saturated rings. The number of likely N-dealkylation sites (N-methyl/N-ethyl adjacent to an activating group) is 1. The first-order chi connectivity index (χ1) is 6.61. The Kier molecular flexibility index (Phi) is 4.39. The maximum Gasteiger partial charge on any atom is 0.0278 e. The third-order valence-corrected chi connectivity index (χ3v) is 3.63. The Morgan fingerprint density at radius 3 is 2.21 bits per heavy atom. The summed E-state index contributed by atoms with van der Waals surface area (Å²) in [6.07, 6.45) is 6.98. The van der Waals surface area contributed by atoms with Gasteiger partial charge in [0.05, 0.1) is 0 Å². The van der Waals surface area contributed by atoms with E-state index in [4.69, 9.17) is 5.73 Å². The largest absolute Gasteiger partial charge is 0.329 e. The van der Waals surface area contributed by atoms with Crippen molar-refractivity contribution in [2.24, 2.45) is 5.73 Å². The Morgan fingerprint density at radius 1 is 1.21 bits per heavy atom. The molecule has 0 heterocycles. The molecule has 2 nitrogen and oxygen atoms in total. The van der Waals surface area contributed by atoms with E-state index in [1.54, 1.807) is 0 Å². The van der Waals surface area contributed by atoms with Crippen LogP contribution in [0, 0.1) is 0 Å². The maximum atomic E-state index is 5.85. The van der Waals surface area contributed by atoms with Crippen LogP contribution in [-0.2, 0) is 0 Å². The summed E-state index contributed by atoms with van der Waals surface area (Å²) in [4.78, 5) is 2.60. The van der Waals surface area contributed by atoms with Gasteiger partial charge >= 0.3 is 0 Å². The lowest BCUT2D eigenvalue weighted by Gasteiger charge is -2.44. The number of rotatable bonds is 4. The van der Waals surface area contributed by atoms with Gasteiger partial charge < -0.3 is 5.73 Å². The average Bonchev–Trinajstić information content (AvgIpc) is 2.20. The minimum absolute atomic E-state index is 0.177. The van der Waals surface area contributed by atoms with E-state index in [0.717, 1.165) is 19.1 Å². The van der Waals surface area contributed by atoms with Crippen LogP contribution in [-0.4, -0.2) is 29.6 Å². The first-order valence-electron chi connectivity index (χ1n) is 6.08. The van der Waals surface area contributed by atoms with Crippen molar-refractivity contribution >= 4 is 0 Å². The zero-order valence-electron chi connectivity index (χ0n) is 10.1. The van der Waals surface area contributed by atoms with Crippen molar-refractivity contribution < 1.29 is 0 Å². The van der Waals surface area contributed by atoms with Crippen LogP contribution in [0.15, 0.2) is 0 Å². The van der Waals surface area contributed by atoms with Crippen molar-refractivity contribution in [3.05, 3.63) is 0 Å². The van der Waals surface area contributed by atoms with Crippen LogP contribution >= 0.6 is 0 Å². The molecule has 14 heavy (non-hydrogen) atoms. The van der Waals surface area contributed by atoms with Crippen molar-refractivity contribution in [1.82, 2.24) is 4.90 Å². The highest BCUT2D eigenvalue weighted by atomic mass is 15.2. The molecule has 2 N–H and O–H groups in total. The standard InChI is InChI=1S/C12H26N2/c1-4-14(12(2,3)10-13)11-8-6-5-7-9-11/h11H,4-10,13H2,1-3H3. The third kappa shape index (κ3) is 2.71. The fourth-order valence-corrected chi connectivity index (χ4v) is 2.69. The van der Waals surface area contributed by atoms with Gasteiger partial charge in [-0.3, -0.25) is 4.90 Å². The van der Waals surface area contributed by atoms with Gasteiger partial charge in [-0.25, -0.2) is 0 Å². The fourth-order valence-electron chi connectivity index (χ4n) is 2.69. The van der Waals surface area contributed by atoms with Crippen LogP contribution in [0.4, 0.5) is 0 Å². The number of hydrogen-bond acceptors (Lipinski definition) is 2. The van der Waals surface area contributed by atoms with Gasteiger partial charge in [0, 0.05) is 18.1 Å². The minimum Gasteiger partial charge on any atom is -0.329 e.